The summed E-state index contributed by atoms with van der Waals surface area (Å²) in [5.41, 5.74) is 7.25. The third kappa shape index (κ3) is 3.19. The first-order chi connectivity index (χ1) is 7.97. The van der Waals surface area contributed by atoms with E-state index in [9.17, 15) is 0 Å². The van der Waals surface area contributed by atoms with Gasteiger partial charge in [0.2, 0.25) is 0 Å². The van der Waals surface area contributed by atoms with Crippen LogP contribution in [-0.4, -0.2) is 23.9 Å². The summed E-state index contributed by atoms with van der Waals surface area (Å²) in [5.74, 6) is 0.876. The molecule has 0 radical (unpaired) electrons. The van der Waals surface area contributed by atoms with Gasteiger partial charge in [0.05, 0.1) is 5.56 Å². The summed E-state index contributed by atoms with van der Waals surface area (Å²) in [5, 5.41) is 7.59. The van der Waals surface area contributed by atoms with Gasteiger partial charge in [0, 0.05) is 18.8 Å². The molecule has 0 aliphatic rings. The standard InChI is InChI=1S/C13H22N4/c1-5-6-10(3)17(4)13-11(12(14)15)8-7-9(2)16-13/h7-8,10H,5-6H2,1-4H3,(H3,14,15). The highest BCUT2D eigenvalue weighted by atomic mass is 15.2. The molecule has 0 aliphatic heterocycles. The second-order valence-electron chi connectivity index (χ2n) is 4.49. The largest absolute Gasteiger partial charge is 0.384 e. The zero-order valence-electron chi connectivity index (χ0n) is 11.1. The Hall–Kier alpha value is -1.58. The quantitative estimate of drug-likeness (QED) is 0.607. The molecule has 0 fully saturated rings. The molecule has 4 nitrogen and oxygen atoms in total. The van der Waals surface area contributed by atoms with E-state index in [-0.39, 0.29) is 5.84 Å². The zero-order valence-corrected chi connectivity index (χ0v) is 11.1. The summed E-state index contributed by atoms with van der Waals surface area (Å²) >= 11 is 0. The molecule has 0 saturated heterocycles. The Kier molecular flexibility index (Phi) is 4.49. The van der Waals surface area contributed by atoms with Gasteiger partial charge in [-0.25, -0.2) is 4.98 Å². The highest BCUT2D eigenvalue weighted by molar-refractivity contribution is 5.99. The van der Waals surface area contributed by atoms with Gasteiger partial charge in [-0.3, -0.25) is 5.41 Å². The van der Waals surface area contributed by atoms with Crippen LogP contribution in [0.2, 0.25) is 0 Å². The molecule has 94 valence electrons. The Labute approximate surface area is 103 Å². The van der Waals surface area contributed by atoms with E-state index in [0.717, 1.165) is 24.4 Å². The van der Waals surface area contributed by atoms with Gasteiger partial charge in [0.15, 0.2) is 0 Å². The van der Waals surface area contributed by atoms with Crippen LogP contribution in [0.5, 0.6) is 0 Å². The molecule has 0 amide bonds. The summed E-state index contributed by atoms with van der Waals surface area (Å²) in [6.45, 7) is 6.28. The van der Waals surface area contributed by atoms with Crippen LogP contribution >= 0.6 is 0 Å². The minimum absolute atomic E-state index is 0.0723. The van der Waals surface area contributed by atoms with Crippen LogP contribution in [0, 0.1) is 12.3 Å². The number of nitrogens with one attached hydrogen (secondary N) is 1. The van der Waals surface area contributed by atoms with Gasteiger partial charge in [-0.2, -0.15) is 0 Å². The Morgan fingerprint density at radius 1 is 1.53 bits per heavy atom. The van der Waals surface area contributed by atoms with Crippen molar-refractivity contribution in [1.29, 1.82) is 5.41 Å². The molecular formula is C13H22N4. The van der Waals surface area contributed by atoms with Crippen LogP contribution in [0.1, 0.15) is 37.9 Å². The lowest BCUT2D eigenvalue weighted by Gasteiger charge is -2.27. The molecule has 1 heterocycles. The van der Waals surface area contributed by atoms with Gasteiger partial charge in [-0.15, -0.1) is 0 Å². The van der Waals surface area contributed by atoms with Crippen LogP contribution in [0.3, 0.4) is 0 Å². The highest BCUT2D eigenvalue weighted by Crippen LogP contribution is 2.20. The van der Waals surface area contributed by atoms with Crippen molar-refractivity contribution in [2.45, 2.75) is 39.7 Å². The van der Waals surface area contributed by atoms with Crippen LogP contribution < -0.4 is 10.6 Å². The number of aryl methyl sites for hydroxylation is 1. The van der Waals surface area contributed by atoms with Crippen molar-refractivity contribution >= 4 is 11.7 Å². The van der Waals surface area contributed by atoms with Crippen molar-refractivity contribution in [2.24, 2.45) is 5.73 Å². The Morgan fingerprint density at radius 3 is 2.71 bits per heavy atom. The fourth-order valence-electron chi connectivity index (χ4n) is 1.84. The SMILES string of the molecule is CCCC(C)N(C)c1nc(C)ccc1C(=N)N. The Bertz CT molecular complexity index is 400. The van der Waals surface area contributed by atoms with Crippen LogP contribution in [0.15, 0.2) is 12.1 Å². The number of anilines is 1. The van der Waals surface area contributed by atoms with Gasteiger partial charge in [-0.1, -0.05) is 13.3 Å². The smallest absolute Gasteiger partial charge is 0.139 e. The highest BCUT2D eigenvalue weighted by Gasteiger charge is 2.16. The average Bonchev–Trinajstić information content (AvgIpc) is 2.27. The number of hydrogen-bond acceptors (Lipinski definition) is 3. The predicted octanol–water partition coefficient (Wildman–Crippen LogP) is 2.30. The van der Waals surface area contributed by atoms with E-state index in [1.165, 1.54) is 0 Å². The third-order valence-corrected chi connectivity index (χ3v) is 3.01. The number of pyridine rings is 1. The monoisotopic (exact) mass is 234 g/mol. The molecule has 1 rings (SSSR count). The number of rotatable bonds is 5. The second kappa shape index (κ2) is 5.66. The molecule has 0 aromatic carbocycles. The summed E-state index contributed by atoms with van der Waals surface area (Å²) in [6, 6.07) is 4.15. The third-order valence-electron chi connectivity index (χ3n) is 3.01. The van der Waals surface area contributed by atoms with Crippen molar-refractivity contribution < 1.29 is 0 Å². The van der Waals surface area contributed by atoms with Crippen molar-refractivity contribution in [3.05, 3.63) is 23.4 Å². The number of nitrogen functional groups attached to an aromatic ring is 1. The van der Waals surface area contributed by atoms with E-state index in [0.29, 0.717) is 11.6 Å². The van der Waals surface area contributed by atoms with E-state index >= 15 is 0 Å². The van der Waals surface area contributed by atoms with E-state index in [4.69, 9.17) is 11.1 Å². The molecule has 1 unspecified atom stereocenters. The molecule has 1 aromatic heterocycles. The van der Waals surface area contributed by atoms with Crippen LogP contribution in [-0.2, 0) is 0 Å². The van der Waals surface area contributed by atoms with Crippen molar-refractivity contribution in [3.8, 4) is 0 Å². The lowest BCUT2D eigenvalue weighted by Crippen LogP contribution is -2.32. The number of nitrogens with zero attached hydrogens (tertiary/aromatic N) is 2. The normalized spacial score (nSPS) is 12.2. The van der Waals surface area contributed by atoms with E-state index in [1.54, 1.807) is 0 Å². The molecule has 0 saturated carbocycles. The second-order valence-corrected chi connectivity index (χ2v) is 4.49. The minimum Gasteiger partial charge on any atom is -0.384 e. The molecule has 17 heavy (non-hydrogen) atoms. The maximum atomic E-state index is 7.59. The maximum absolute atomic E-state index is 7.59. The minimum atomic E-state index is 0.0723. The van der Waals surface area contributed by atoms with Gasteiger partial charge in [0.1, 0.15) is 11.7 Å². The Morgan fingerprint density at radius 2 is 2.18 bits per heavy atom. The number of aromatic nitrogens is 1. The van der Waals surface area contributed by atoms with Gasteiger partial charge in [0.25, 0.3) is 0 Å². The van der Waals surface area contributed by atoms with E-state index < -0.39 is 0 Å². The van der Waals surface area contributed by atoms with Gasteiger partial charge >= 0.3 is 0 Å². The molecule has 3 N–H and O–H groups in total. The van der Waals surface area contributed by atoms with Crippen molar-refractivity contribution in [2.75, 3.05) is 11.9 Å². The predicted molar refractivity (Wildman–Crippen MR) is 72.8 cm³/mol. The summed E-state index contributed by atoms with van der Waals surface area (Å²) in [6.07, 6.45) is 2.23. The summed E-state index contributed by atoms with van der Waals surface area (Å²) in [7, 11) is 2.01. The molecular weight excluding hydrogens is 212 g/mol. The molecule has 0 aliphatic carbocycles. The van der Waals surface area contributed by atoms with Gasteiger partial charge in [-0.05, 0) is 32.4 Å². The van der Waals surface area contributed by atoms with E-state index in [2.05, 4.69) is 23.7 Å². The lowest BCUT2D eigenvalue weighted by molar-refractivity contribution is 0.610. The fraction of sp³-hybridized carbons (Fsp3) is 0.538. The molecule has 1 atom stereocenters. The number of hydrogen-bond donors (Lipinski definition) is 2. The average molecular weight is 234 g/mol. The number of nitrogens with two attached hydrogens (primary N) is 1. The summed E-state index contributed by atoms with van der Waals surface area (Å²) in [4.78, 5) is 6.61. The summed E-state index contributed by atoms with van der Waals surface area (Å²) < 4.78 is 0. The number of amidine groups is 1. The van der Waals surface area contributed by atoms with Crippen LogP contribution in [0.25, 0.3) is 0 Å². The molecule has 4 heteroatoms. The maximum Gasteiger partial charge on any atom is 0.139 e. The first kappa shape index (κ1) is 13.5. The lowest BCUT2D eigenvalue weighted by atomic mass is 10.1. The van der Waals surface area contributed by atoms with Crippen molar-refractivity contribution in [3.63, 3.8) is 0 Å². The first-order valence-corrected chi connectivity index (χ1v) is 6.02. The van der Waals surface area contributed by atoms with E-state index in [1.807, 2.05) is 26.1 Å². The van der Waals surface area contributed by atoms with Gasteiger partial charge < -0.3 is 10.6 Å². The molecule has 1 aromatic rings. The Balaban J connectivity index is 3.10. The fourth-order valence-corrected chi connectivity index (χ4v) is 1.84. The molecule has 0 spiro atoms. The topological polar surface area (TPSA) is 66.0 Å². The first-order valence-electron chi connectivity index (χ1n) is 6.02. The van der Waals surface area contributed by atoms with Crippen LogP contribution in [0.4, 0.5) is 5.82 Å². The van der Waals surface area contributed by atoms with Crippen molar-refractivity contribution in [1.82, 2.24) is 4.98 Å². The molecule has 0 bridgehead atoms. The zero-order chi connectivity index (χ0) is 13.0.